The lowest BCUT2D eigenvalue weighted by atomic mass is 10.2. The van der Waals surface area contributed by atoms with E-state index in [2.05, 4.69) is 25.4 Å². The number of H-pyrrole nitrogens is 1. The molecule has 33 heavy (non-hydrogen) atoms. The molecule has 0 aliphatic carbocycles. The summed E-state index contributed by atoms with van der Waals surface area (Å²) in [6.45, 7) is 3.80. The van der Waals surface area contributed by atoms with Gasteiger partial charge in [0.25, 0.3) is 5.91 Å². The van der Waals surface area contributed by atoms with Crippen molar-refractivity contribution in [1.29, 1.82) is 0 Å². The number of rotatable bonds is 6. The lowest BCUT2D eigenvalue weighted by Gasteiger charge is -2.10. The number of hydrogen-bond donors (Lipinski definition) is 2. The third kappa shape index (κ3) is 4.38. The van der Waals surface area contributed by atoms with Crippen molar-refractivity contribution in [2.75, 3.05) is 5.32 Å². The number of para-hydroxylation sites is 2. The van der Waals surface area contributed by atoms with E-state index in [4.69, 9.17) is 4.52 Å². The van der Waals surface area contributed by atoms with E-state index in [9.17, 15) is 4.79 Å². The molecule has 5 aromatic rings. The van der Waals surface area contributed by atoms with Crippen LogP contribution in [0.2, 0.25) is 0 Å². The Morgan fingerprint density at radius 3 is 2.79 bits per heavy atom. The van der Waals surface area contributed by atoms with Gasteiger partial charge in [-0.25, -0.2) is 9.97 Å². The van der Waals surface area contributed by atoms with Gasteiger partial charge >= 0.3 is 0 Å². The molecule has 0 saturated carbocycles. The quantitative estimate of drug-likeness (QED) is 0.315. The van der Waals surface area contributed by atoms with Crippen LogP contribution in [0.1, 0.15) is 27.4 Å². The molecule has 0 radical (unpaired) electrons. The van der Waals surface area contributed by atoms with Crippen molar-refractivity contribution in [3.63, 3.8) is 0 Å². The van der Waals surface area contributed by atoms with E-state index in [0.29, 0.717) is 22.0 Å². The Morgan fingerprint density at radius 1 is 1.09 bits per heavy atom. The summed E-state index contributed by atoms with van der Waals surface area (Å²) >= 11 is 1.49. The highest BCUT2D eigenvalue weighted by Crippen LogP contribution is 2.28. The summed E-state index contributed by atoms with van der Waals surface area (Å²) in [6.07, 6.45) is 1.69. The number of hydrogen-bond acceptors (Lipinski definition) is 6. The van der Waals surface area contributed by atoms with E-state index in [1.807, 2.05) is 62.4 Å². The number of amides is 1. The number of nitrogens with zero attached hydrogens (tertiary/aromatic N) is 3. The molecule has 2 N–H and O–H groups in total. The van der Waals surface area contributed by atoms with Gasteiger partial charge in [-0.1, -0.05) is 29.4 Å². The van der Waals surface area contributed by atoms with Crippen LogP contribution in [0, 0.1) is 13.8 Å². The summed E-state index contributed by atoms with van der Waals surface area (Å²) < 4.78 is 5.24. The highest BCUT2D eigenvalue weighted by Gasteiger charge is 2.16. The Bertz CT molecular complexity index is 1400. The predicted molar refractivity (Wildman–Crippen MR) is 129 cm³/mol. The molecule has 3 aromatic heterocycles. The highest BCUT2D eigenvalue weighted by atomic mass is 32.2. The smallest absolute Gasteiger partial charge is 0.258 e. The van der Waals surface area contributed by atoms with Gasteiger partial charge in [-0.2, -0.15) is 0 Å². The van der Waals surface area contributed by atoms with E-state index in [-0.39, 0.29) is 5.91 Å². The van der Waals surface area contributed by atoms with E-state index in [0.717, 1.165) is 39.4 Å². The monoisotopic (exact) mass is 455 g/mol. The van der Waals surface area contributed by atoms with Gasteiger partial charge in [0.05, 0.1) is 22.3 Å². The minimum atomic E-state index is -0.217. The summed E-state index contributed by atoms with van der Waals surface area (Å²) in [7, 11) is 0. The van der Waals surface area contributed by atoms with Crippen molar-refractivity contribution in [3.8, 4) is 11.4 Å². The van der Waals surface area contributed by atoms with Crippen molar-refractivity contribution in [1.82, 2.24) is 20.1 Å². The van der Waals surface area contributed by atoms with Gasteiger partial charge in [0, 0.05) is 28.8 Å². The van der Waals surface area contributed by atoms with Crippen LogP contribution in [0.15, 0.2) is 76.4 Å². The molecule has 0 saturated heterocycles. The second-order valence-corrected chi connectivity index (χ2v) is 8.55. The summed E-state index contributed by atoms with van der Waals surface area (Å²) in [5.41, 5.74) is 5.84. The zero-order chi connectivity index (χ0) is 22.8. The largest absolute Gasteiger partial charge is 0.361 e. The summed E-state index contributed by atoms with van der Waals surface area (Å²) in [6, 6.07) is 19.0. The van der Waals surface area contributed by atoms with Crippen LogP contribution in [0.25, 0.3) is 22.4 Å². The van der Waals surface area contributed by atoms with E-state index >= 15 is 0 Å². The molecule has 0 bridgehead atoms. The third-order valence-corrected chi connectivity index (χ3v) is 6.37. The fourth-order valence-electron chi connectivity index (χ4n) is 3.56. The number of imidazole rings is 1. The summed E-state index contributed by atoms with van der Waals surface area (Å²) in [5, 5.41) is 7.64. The fraction of sp³-hybridized carbons (Fsp3) is 0.120. The minimum absolute atomic E-state index is 0.217. The summed E-state index contributed by atoms with van der Waals surface area (Å²) in [4.78, 5) is 25.5. The van der Waals surface area contributed by atoms with E-state index in [1.54, 1.807) is 18.3 Å². The van der Waals surface area contributed by atoms with E-state index in [1.165, 1.54) is 11.8 Å². The maximum Gasteiger partial charge on any atom is 0.258 e. The number of aromatic amines is 1. The van der Waals surface area contributed by atoms with Gasteiger partial charge in [0.2, 0.25) is 0 Å². The van der Waals surface area contributed by atoms with Gasteiger partial charge < -0.3 is 14.8 Å². The topological polar surface area (TPSA) is 96.7 Å². The molecule has 0 atom stereocenters. The van der Waals surface area contributed by atoms with E-state index < -0.39 is 0 Å². The molecule has 5 rings (SSSR count). The minimum Gasteiger partial charge on any atom is -0.361 e. The Kier molecular flexibility index (Phi) is 5.66. The van der Waals surface area contributed by atoms with Gasteiger partial charge in [-0.3, -0.25) is 4.79 Å². The van der Waals surface area contributed by atoms with Crippen LogP contribution in [0.5, 0.6) is 0 Å². The Morgan fingerprint density at radius 2 is 1.97 bits per heavy atom. The van der Waals surface area contributed by atoms with Crippen LogP contribution in [0.4, 0.5) is 5.69 Å². The molecule has 7 nitrogen and oxygen atoms in total. The first kappa shape index (κ1) is 21.0. The SMILES string of the molecule is Cc1noc(C)c1CSc1ncccc1C(=O)Nc1cccc(-c2nc3ccccc3[nH]2)c1. The molecular weight excluding hydrogens is 434 g/mol. The van der Waals surface area contributed by atoms with Crippen LogP contribution < -0.4 is 5.32 Å². The molecule has 8 heteroatoms. The number of thioether (sulfide) groups is 1. The third-order valence-electron chi connectivity index (χ3n) is 5.33. The number of aryl methyl sites for hydroxylation is 2. The normalized spacial score (nSPS) is 11.1. The molecule has 0 fully saturated rings. The molecule has 0 spiro atoms. The molecule has 0 aliphatic heterocycles. The van der Waals surface area contributed by atoms with Gasteiger partial charge in [0.1, 0.15) is 16.6 Å². The maximum absolute atomic E-state index is 13.1. The number of anilines is 1. The fourth-order valence-corrected chi connectivity index (χ4v) is 4.70. The highest BCUT2D eigenvalue weighted by molar-refractivity contribution is 7.98. The number of fused-ring (bicyclic) bond motifs is 1. The molecule has 164 valence electrons. The molecule has 1 amide bonds. The van der Waals surface area contributed by atoms with Crippen molar-refractivity contribution in [2.24, 2.45) is 0 Å². The van der Waals surface area contributed by atoms with Crippen LogP contribution in [0.3, 0.4) is 0 Å². The number of carbonyl (C=O) groups is 1. The number of benzene rings is 2. The Labute approximate surface area is 194 Å². The Hall–Kier alpha value is -3.91. The second kappa shape index (κ2) is 8.91. The first-order valence-corrected chi connectivity index (χ1v) is 11.4. The van der Waals surface area contributed by atoms with Crippen molar-refractivity contribution >= 4 is 34.4 Å². The van der Waals surface area contributed by atoms with Crippen LogP contribution in [-0.2, 0) is 5.75 Å². The van der Waals surface area contributed by atoms with Crippen LogP contribution >= 0.6 is 11.8 Å². The Balaban J connectivity index is 1.35. The van der Waals surface area contributed by atoms with Crippen molar-refractivity contribution in [3.05, 3.63) is 89.4 Å². The predicted octanol–water partition coefficient (Wildman–Crippen LogP) is 5.77. The average Bonchev–Trinajstić information content (AvgIpc) is 3.41. The van der Waals surface area contributed by atoms with Gasteiger partial charge in [-0.05, 0) is 50.2 Å². The van der Waals surface area contributed by atoms with Gasteiger partial charge in [0.15, 0.2) is 0 Å². The second-order valence-electron chi connectivity index (χ2n) is 7.59. The van der Waals surface area contributed by atoms with Crippen LogP contribution in [-0.4, -0.2) is 26.0 Å². The molecule has 0 unspecified atom stereocenters. The number of carbonyl (C=O) groups excluding carboxylic acids is 1. The number of aromatic nitrogens is 4. The summed E-state index contributed by atoms with van der Waals surface area (Å²) in [5.74, 6) is 1.94. The van der Waals surface area contributed by atoms with Gasteiger partial charge in [-0.15, -0.1) is 11.8 Å². The number of nitrogens with one attached hydrogen (secondary N) is 2. The number of pyridine rings is 1. The standard InChI is InChI=1S/C25H21N5O2S/c1-15-20(16(2)32-30-15)14-33-25-19(9-6-12-26-25)24(31)27-18-8-5-7-17(13-18)23-28-21-10-3-4-11-22(21)29-23/h3-13H,14H2,1-2H3,(H,27,31)(H,28,29). The zero-order valence-electron chi connectivity index (χ0n) is 18.1. The van der Waals surface area contributed by atoms with Crippen molar-refractivity contribution in [2.45, 2.75) is 24.6 Å². The average molecular weight is 456 g/mol. The maximum atomic E-state index is 13.1. The molecular formula is C25H21N5O2S. The zero-order valence-corrected chi connectivity index (χ0v) is 18.9. The van der Waals surface area contributed by atoms with Crippen molar-refractivity contribution < 1.29 is 9.32 Å². The lowest BCUT2D eigenvalue weighted by Crippen LogP contribution is -2.13. The molecule has 2 aromatic carbocycles. The molecule has 3 heterocycles. The molecule has 0 aliphatic rings. The first-order valence-electron chi connectivity index (χ1n) is 10.4. The first-order chi connectivity index (χ1) is 16.1. The lowest BCUT2D eigenvalue weighted by molar-refractivity contribution is 0.102.